The molecule has 0 spiro atoms. The van der Waals surface area contributed by atoms with Gasteiger partial charge in [0.15, 0.2) is 0 Å². The van der Waals surface area contributed by atoms with Gasteiger partial charge in [0.05, 0.1) is 5.71 Å². The Bertz CT molecular complexity index is 744. The van der Waals surface area contributed by atoms with Gasteiger partial charge in [-0.2, -0.15) is 5.10 Å². The summed E-state index contributed by atoms with van der Waals surface area (Å²) in [6.45, 7) is 7.55. The molecule has 1 heterocycles. The molecule has 7 heteroatoms. The van der Waals surface area contributed by atoms with Crippen LogP contribution in [0.4, 0.5) is 5.95 Å². The molecule has 116 valence electrons. The van der Waals surface area contributed by atoms with Crippen LogP contribution in [-0.2, 0) is 5.41 Å². The van der Waals surface area contributed by atoms with E-state index in [1.165, 1.54) is 0 Å². The second-order valence-corrected chi connectivity index (χ2v) is 6.35. The van der Waals surface area contributed by atoms with Crippen LogP contribution in [0.2, 0.25) is 5.02 Å². The van der Waals surface area contributed by atoms with Crippen molar-refractivity contribution >= 4 is 23.3 Å². The molecule has 0 fully saturated rings. The van der Waals surface area contributed by atoms with Crippen LogP contribution in [0.1, 0.15) is 39.0 Å². The Hall–Kier alpha value is -2.21. The van der Waals surface area contributed by atoms with Crippen LogP contribution < -0.4 is 11.0 Å². The van der Waals surface area contributed by atoms with Gasteiger partial charge in [0.1, 0.15) is 5.69 Å². The Morgan fingerprint density at radius 1 is 1.23 bits per heavy atom. The highest BCUT2D eigenvalue weighted by atomic mass is 35.5. The lowest BCUT2D eigenvalue weighted by molar-refractivity contribution is 0.547. The van der Waals surface area contributed by atoms with Crippen LogP contribution in [0.15, 0.2) is 34.2 Å². The van der Waals surface area contributed by atoms with E-state index in [-0.39, 0.29) is 16.9 Å². The number of hydrazone groups is 1. The smallest absolute Gasteiger partial charge is 0.274 e. The van der Waals surface area contributed by atoms with Gasteiger partial charge in [-0.15, -0.1) is 10.2 Å². The fourth-order valence-corrected chi connectivity index (χ4v) is 1.90. The Balaban J connectivity index is 2.18. The van der Waals surface area contributed by atoms with E-state index >= 15 is 0 Å². The second kappa shape index (κ2) is 6.27. The molecule has 0 aliphatic rings. The number of nitrogens with one attached hydrogen (secondary N) is 2. The number of aromatic nitrogens is 3. The summed E-state index contributed by atoms with van der Waals surface area (Å²) in [7, 11) is 0. The molecule has 2 N–H and O–H groups in total. The second-order valence-electron chi connectivity index (χ2n) is 5.92. The lowest BCUT2D eigenvalue weighted by Crippen LogP contribution is -2.28. The molecule has 0 aliphatic carbocycles. The topological polar surface area (TPSA) is 83.0 Å². The number of nitrogens with zero attached hydrogens (tertiary/aromatic N) is 3. The van der Waals surface area contributed by atoms with Crippen molar-refractivity contribution in [1.29, 1.82) is 0 Å². The van der Waals surface area contributed by atoms with Crippen molar-refractivity contribution in [3.05, 3.63) is 50.9 Å². The maximum absolute atomic E-state index is 12.0. The van der Waals surface area contributed by atoms with Gasteiger partial charge in [0.2, 0.25) is 5.95 Å². The number of hydrogen-bond donors (Lipinski definition) is 2. The normalized spacial score (nSPS) is 12.3. The highest BCUT2D eigenvalue weighted by Crippen LogP contribution is 2.15. The minimum absolute atomic E-state index is 0.200. The molecule has 2 rings (SSSR count). The summed E-state index contributed by atoms with van der Waals surface area (Å²) in [5, 5.41) is 12.8. The summed E-state index contributed by atoms with van der Waals surface area (Å²) in [4.78, 5) is 14.6. The van der Waals surface area contributed by atoms with E-state index in [1.54, 1.807) is 12.1 Å². The standard InChI is InChI=1S/C15H18ClN5O/c1-9(10-5-7-11(16)8-6-10)18-20-14-17-13(22)12(19-21-14)15(2,3)4/h5-8H,1-4H3,(H2,17,20,21,22)/b18-9+. The van der Waals surface area contributed by atoms with Gasteiger partial charge in [-0.1, -0.05) is 44.5 Å². The first-order valence-electron chi connectivity index (χ1n) is 6.81. The average Bonchev–Trinajstić information content (AvgIpc) is 2.44. The molecule has 1 aromatic carbocycles. The third kappa shape index (κ3) is 3.92. The minimum Gasteiger partial charge on any atom is -0.288 e. The molecule has 0 atom stereocenters. The summed E-state index contributed by atoms with van der Waals surface area (Å²) in [6, 6.07) is 7.30. The van der Waals surface area contributed by atoms with Gasteiger partial charge >= 0.3 is 0 Å². The zero-order valence-electron chi connectivity index (χ0n) is 12.9. The number of hydrogen-bond acceptors (Lipinski definition) is 5. The number of anilines is 1. The predicted octanol–water partition coefficient (Wildman–Crippen LogP) is 2.95. The maximum atomic E-state index is 12.0. The first kappa shape index (κ1) is 16.2. The van der Waals surface area contributed by atoms with Crippen molar-refractivity contribution in [2.24, 2.45) is 5.10 Å². The Labute approximate surface area is 133 Å². The molecule has 22 heavy (non-hydrogen) atoms. The van der Waals surface area contributed by atoms with E-state index in [1.807, 2.05) is 39.8 Å². The van der Waals surface area contributed by atoms with Crippen LogP contribution in [0, 0.1) is 0 Å². The van der Waals surface area contributed by atoms with Crippen molar-refractivity contribution in [2.45, 2.75) is 33.1 Å². The van der Waals surface area contributed by atoms with Crippen LogP contribution in [0.25, 0.3) is 0 Å². The Morgan fingerprint density at radius 2 is 1.86 bits per heavy atom. The number of benzene rings is 1. The predicted molar refractivity (Wildman–Crippen MR) is 88.6 cm³/mol. The van der Waals surface area contributed by atoms with Crippen molar-refractivity contribution in [2.75, 3.05) is 5.43 Å². The average molecular weight is 320 g/mol. The van der Waals surface area contributed by atoms with Crippen LogP contribution in [0.3, 0.4) is 0 Å². The molecule has 2 aromatic rings. The largest absolute Gasteiger partial charge is 0.288 e. The van der Waals surface area contributed by atoms with Crippen LogP contribution >= 0.6 is 11.6 Å². The molecule has 6 nitrogen and oxygen atoms in total. The lowest BCUT2D eigenvalue weighted by Gasteiger charge is -2.15. The van der Waals surface area contributed by atoms with E-state index in [9.17, 15) is 4.79 Å². The Morgan fingerprint density at radius 3 is 2.41 bits per heavy atom. The van der Waals surface area contributed by atoms with Gasteiger partial charge in [0.25, 0.3) is 5.56 Å². The molecule has 0 aliphatic heterocycles. The first-order valence-corrected chi connectivity index (χ1v) is 7.19. The number of rotatable bonds is 3. The highest BCUT2D eigenvalue weighted by Gasteiger charge is 2.20. The molecular weight excluding hydrogens is 302 g/mol. The summed E-state index contributed by atoms with van der Waals surface area (Å²) in [6.07, 6.45) is 0. The fourth-order valence-electron chi connectivity index (χ4n) is 1.77. The third-order valence-electron chi connectivity index (χ3n) is 3.00. The van der Waals surface area contributed by atoms with Gasteiger partial charge in [-0.3, -0.25) is 9.78 Å². The number of aromatic amines is 1. The molecule has 0 amide bonds. The van der Waals surface area contributed by atoms with E-state index < -0.39 is 0 Å². The summed E-state index contributed by atoms with van der Waals surface area (Å²) in [5.74, 6) is 0.200. The van der Waals surface area contributed by atoms with Gasteiger partial charge in [-0.05, 0) is 24.6 Å². The lowest BCUT2D eigenvalue weighted by atomic mass is 9.93. The summed E-state index contributed by atoms with van der Waals surface area (Å²) >= 11 is 5.84. The molecule has 0 unspecified atom stereocenters. The van der Waals surface area contributed by atoms with Crippen molar-refractivity contribution in [3.8, 4) is 0 Å². The molecule has 0 saturated carbocycles. The molecule has 0 radical (unpaired) electrons. The molecule has 0 saturated heterocycles. The quantitative estimate of drug-likeness (QED) is 0.673. The van der Waals surface area contributed by atoms with Gasteiger partial charge < -0.3 is 0 Å². The first-order chi connectivity index (χ1) is 10.3. The highest BCUT2D eigenvalue weighted by molar-refractivity contribution is 6.30. The number of halogens is 1. The van der Waals surface area contributed by atoms with E-state index in [0.29, 0.717) is 10.7 Å². The van der Waals surface area contributed by atoms with Crippen molar-refractivity contribution in [1.82, 2.24) is 15.2 Å². The van der Waals surface area contributed by atoms with Gasteiger partial charge in [-0.25, -0.2) is 5.43 Å². The third-order valence-corrected chi connectivity index (χ3v) is 3.25. The zero-order valence-corrected chi connectivity index (χ0v) is 13.7. The molecular formula is C15H18ClN5O. The Kier molecular flexibility index (Phi) is 4.61. The fraction of sp³-hybridized carbons (Fsp3) is 0.333. The summed E-state index contributed by atoms with van der Waals surface area (Å²) in [5.41, 5.74) is 4.11. The SMILES string of the molecule is C/C(=N\Nc1nnc(C(C)(C)C)c(=O)[nH]1)c1ccc(Cl)cc1. The molecule has 0 bridgehead atoms. The van der Waals surface area contributed by atoms with E-state index in [0.717, 1.165) is 11.3 Å². The van der Waals surface area contributed by atoms with Gasteiger partial charge in [0, 0.05) is 10.4 Å². The minimum atomic E-state index is -0.360. The van der Waals surface area contributed by atoms with E-state index in [4.69, 9.17) is 11.6 Å². The zero-order chi connectivity index (χ0) is 16.3. The monoisotopic (exact) mass is 319 g/mol. The number of H-pyrrole nitrogens is 1. The summed E-state index contributed by atoms with van der Waals surface area (Å²) < 4.78 is 0. The van der Waals surface area contributed by atoms with Crippen LogP contribution in [0.5, 0.6) is 0 Å². The van der Waals surface area contributed by atoms with Crippen molar-refractivity contribution in [3.63, 3.8) is 0 Å². The van der Waals surface area contributed by atoms with E-state index in [2.05, 4.69) is 25.7 Å². The molecule has 1 aromatic heterocycles. The van der Waals surface area contributed by atoms with Crippen molar-refractivity contribution < 1.29 is 0 Å². The van der Waals surface area contributed by atoms with Crippen LogP contribution in [-0.4, -0.2) is 20.9 Å². The maximum Gasteiger partial charge on any atom is 0.274 e.